The molecule has 1 atom stereocenters. The van der Waals surface area contributed by atoms with Crippen LogP contribution in [0.25, 0.3) is 0 Å². The number of alkyl carbamates (subject to hydrolysis) is 1. The summed E-state index contributed by atoms with van der Waals surface area (Å²) in [7, 11) is 0. The number of nitrogens with one attached hydrogen (secondary N) is 1. The average Bonchev–Trinajstić information content (AvgIpc) is 2.29. The SMILES string of the molecule is CCOC(=O)N[C@@H](Cc1ccccc1)C(=O)O. The van der Waals surface area contributed by atoms with Crippen molar-refractivity contribution in [1.29, 1.82) is 0 Å². The smallest absolute Gasteiger partial charge is 0.407 e. The normalized spacial score (nSPS) is 11.6. The van der Waals surface area contributed by atoms with Crippen LogP contribution in [0.2, 0.25) is 0 Å². The second kappa shape index (κ2) is 6.52. The molecule has 0 fully saturated rings. The van der Waals surface area contributed by atoms with Crippen molar-refractivity contribution in [2.45, 2.75) is 19.4 Å². The Kier molecular flexibility index (Phi) is 5.00. The highest BCUT2D eigenvalue weighted by molar-refractivity contribution is 5.80. The number of carboxylic acid groups (broad SMARTS) is 1. The second-order valence-corrected chi connectivity index (χ2v) is 3.45. The third-order valence-corrected chi connectivity index (χ3v) is 2.15. The largest absolute Gasteiger partial charge is 0.480 e. The molecule has 0 bridgehead atoms. The fourth-order valence-electron chi connectivity index (χ4n) is 1.36. The van der Waals surface area contributed by atoms with Crippen molar-refractivity contribution in [3.63, 3.8) is 0 Å². The highest BCUT2D eigenvalue weighted by Gasteiger charge is 2.20. The lowest BCUT2D eigenvalue weighted by Crippen LogP contribution is -2.42. The fraction of sp³-hybridized carbons (Fsp3) is 0.333. The van der Waals surface area contributed by atoms with Gasteiger partial charge in [-0.15, -0.1) is 0 Å². The lowest BCUT2D eigenvalue weighted by Gasteiger charge is -2.14. The van der Waals surface area contributed by atoms with Crippen LogP contribution in [-0.4, -0.2) is 29.8 Å². The van der Waals surface area contributed by atoms with Gasteiger partial charge in [0, 0.05) is 6.42 Å². The quantitative estimate of drug-likeness (QED) is 0.812. The summed E-state index contributed by atoms with van der Waals surface area (Å²) in [6.45, 7) is 1.87. The number of carbonyl (C=O) groups is 2. The lowest BCUT2D eigenvalue weighted by atomic mass is 10.1. The second-order valence-electron chi connectivity index (χ2n) is 3.45. The Morgan fingerprint density at radius 2 is 2.00 bits per heavy atom. The zero-order valence-electron chi connectivity index (χ0n) is 9.55. The highest BCUT2D eigenvalue weighted by Crippen LogP contribution is 2.03. The third kappa shape index (κ3) is 4.55. The van der Waals surface area contributed by atoms with Gasteiger partial charge in [0.2, 0.25) is 0 Å². The first-order valence-electron chi connectivity index (χ1n) is 5.33. The first kappa shape index (κ1) is 13.0. The molecule has 0 aromatic heterocycles. The van der Waals surface area contributed by atoms with Crippen LogP contribution >= 0.6 is 0 Å². The minimum atomic E-state index is -1.08. The van der Waals surface area contributed by atoms with E-state index < -0.39 is 18.1 Å². The summed E-state index contributed by atoms with van der Waals surface area (Å²) in [4.78, 5) is 22.1. The van der Waals surface area contributed by atoms with Crippen LogP contribution in [0.5, 0.6) is 0 Å². The van der Waals surface area contributed by atoms with E-state index in [9.17, 15) is 9.59 Å². The van der Waals surface area contributed by atoms with Gasteiger partial charge in [0.25, 0.3) is 0 Å². The molecule has 5 heteroatoms. The van der Waals surface area contributed by atoms with E-state index in [1.807, 2.05) is 30.3 Å². The molecule has 0 saturated carbocycles. The molecule has 92 valence electrons. The maximum atomic E-state index is 11.2. The molecule has 5 nitrogen and oxygen atoms in total. The van der Waals surface area contributed by atoms with Gasteiger partial charge in [0.15, 0.2) is 0 Å². The van der Waals surface area contributed by atoms with E-state index in [0.29, 0.717) is 0 Å². The highest BCUT2D eigenvalue weighted by atomic mass is 16.5. The summed E-state index contributed by atoms with van der Waals surface area (Å²) in [6, 6.07) is 8.12. The van der Waals surface area contributed by atoms with E-state index in [1.54, 1.807) is 6.92 Å². The van der Waals surface area contributed by atoms with E-state index >= 15 is 0 Å². The predicted molar refractivity (Wildman–Crippen MR) is 61.7 cm³/mol. The van der Waals surface area contributed by atoms with Crippen LogP contribution in [0, 0.1) is 0 Å². The molecule has 1 aromatic rings. The molecule has 0 aliphatic heterocycles. The number of aliphatic carboxylic acids is 1. The van der Waals surface area contributed by atoms with E-state index in [1.165, 1.54) is 0 Å². The van der Waals surface area contributed by atoms with Crippen molar-refractivity contribution < 1.29 is 19.4 Å². The lowest BCUT2D eigenvalue weighted by molar-refractivity contribution is -0.139. The van der Waals surface area contributed by atoms with Crippen molar-refractivity contribution in [3.05, 3.63) is 35.9 Å². The topological polar surface area (TPSA) is 75.6 Å². The van der Waals surface area contributed by atoms with E-state index in [2.05, 4.69) is 10.1 Å². The number of amides is 1. The Morgan fingerprint density at radius 1 is 1.35 bits per heavy atom. The molecule has 0 unspecified atom stereocenters. The van der Waals surface area contributed by atoms with E-state index in [4.69, 9.17) is 5.11 Å². The molecular formula is C12H15NO4. The Hall–Kier alpha value is -2.04. The molecule has 0 saturated heterocycles. The Bertz CT molecular complexity index is 377. The molecular weight excluding hydrogens is 222 g/mol. The molecule has 0 spiro atoms. The third-order valence-electron chi connectivity index (χ3n) is 2.15. The molecule has 2 N–H and O–H groups in total. The van der Waals surface area contributed by atoms with Gasteiger partial charge in [-0.2, -0.15) is 0 Å². The van der Waals surface area contributed by atoms with Crippen molar-refractivity contribution in [3.8, 4) is 0 Å². The van der Waals surface area contributed by atoms with Gasteiger partial charge in [-0.05, 0) is 12.5 Å². The van der Waals surface area contributed by atoms with Crippen LogP contribution in [0.4, 0.5) is 4.79 Å². The van der Waals surface area contributed by atoms with E-state index in [0.717, 1.165) is 5.56 Å². The minimum Gasteiger partial charge on any atom is -0.480 e. The predicted octanol–water partition coefficient (Wildman–Crippen LogP) is 1.43. The summed E-state index contributed by atoms with van der Waals surface area (Å²) in [5.41, 5.74) is 0.844. The summed E-state index contributed by atoms with van der Waals surface area (Å²) >= 11 is 0. The van der Waals surface area contributed by atoms with Crippen LogP contribution in [0.3, 0.4) is 0 Å². The van der Waals surface area contributed by atoms with Gasteiger partial charge in [-0.1, -0.05) is 30.3 Å². The van der Waals surface area contributed by atoms with Gasteiger partial charge in [0.05, 0.1) is 6.61 Å². The number of hydrogen-bond donors (Lipinski definition) is 2. The summed E-state index contributed by atoms with van der Waals surface area (Å²) in [5.74, 6) is -1.08. The van der Waals surface area contributed by atoms with Crippen LogP contribution in [0.1, 0.15) is 12.5 Å². The van der Waals surface area contributed by atoms with Crippen molar-refractivity contribution >= 4 is 12.1 Å². The van der Waals surface area contributed by atoms with Crippen molar-refractivity contribution in [2.24, 2.45) is 0 Å². The number of ether oxygens (including phenoxy) is 1. The maximum Gasteiger partial charge on any atom is 0.407 e. The molecule has 0 heterocycles. The molecule has 0 radical (unpaired) electrons. The molecule has 1 amide bonds. The fourth-order valence-corrected chi connectivity index (χ4v) is 1.36. The molecule has 0 aliphatic carbocycles. The van der Waals surface area contributed by atoms with Gasteiger partial charge in [-0.3, -0.25) is 0 Å². The van der Waals surface area contributed by atoms with Gasteiger partial charge >= 0.3 is 12.1 Å². The summed E-state index contributed by atoms with van der Waals surface area (Å²) in [6.07, 6.45) is -0.481. The summed E-state index contributed by atoms with van der Waals surface area (Å²) in [5, 5.41) is 11.3. The standard InChI is InChI=1S/C12H15NO4/c1-2-17-12(16)13-10(11(14)15)8-9-6-4-3-5-7-9/h3-7,10H,2,8H2,1H3,(H,13,16)(H,14,15)/t10-/m0/s1. The summed E-state index contributed by atoms with van der Waals surface area (Å²) < 4.78 is 4.65. The number of carboxylic acids is 1. The first-order chi connectivity index (χ1) is 8.13. The van der Waals surface area contributed by atoms with Crippen molar-refractivity contribution in [1.82, 2.24) is 5.32 Å². The zero-order chi connectivity index (χ0) is 12.7. The number of benzene rings is 1. The number of rotatable bonds is 5. The van der Waals surface area contributed by atoms with Gasteiger partial charge < -0.3 is 15.2 Å². The van der Waals surface area contributed by atoms with Gasteiger partial charge in [0.1, 0.15) is 6.04 Å². The minimum absolute atomic E-state index is 0.212. The van der Waals surface area contributed by atoms with Crippen LogP contribution < -0.4 is 5.32 Å². The molecule has 17 heavy (non-hydrogen) atoms. The van der Waals surface area contributed by atoms with E-state index in [-0.39, 0.29) is 13.0 Å². The van der Waals surface area contributed by atoms with Crippen LogP contribution in [-0.2, 0) is 16.0 Å². The Morgan fingerprint density at radius 3 is 2.53 bits per heavy atom. The molecule has 1 rings (SSSR count). The Balaban J connectivity index is 2.61. The average molecular weight is 237 g/mol. The maximum absolute atomic E-state index is 11.2. The van der Waals surface area contributed by atoms with Gasteiger partial charge in [-0.25, -0.2) is 9.59 Å². The zero-order valence-corrected chi connectivity index (χ0v) is 9.55. The monoisotopic (exact) mass is 237 g/mol. The Labute approximate surface area is 99.4 Å². The first-order valence-corrected chi connectivity index (χ1v) is 5.33. The number of hydrogen-bond acceptors (Lipinski definition) is 3. The molecule has 0 aliphatic rings. The number of carbonyl (C=O) groups excluding carboxylic acids is 1. The molecule has 1 aromatic carbocycles. The van der Waals surface area contributed by atoms with Crippen molar-refractivity contribution in [2.75, 3.05) is 6.61 Å². The van der Waals surface area contributed by atoms with Crippen LogP contribution in [0.15, 0.2) is 30.3 Å².